The molecule has 0 radical (unpaired) electrons. The summed E-state index contributed by atoms with van der Waals surface area (Å²) in [6.45, 7) is 3.57. The fraction of sp³-hybridized carbons (Fsp3) is 0.357. The standard InChI is InChI=1S/C14H16F3N5O.ClH/c1-8(2)11(18)13(23)20-10-5-7-22(21-10)12-9(14(15,16)17)4-3-6-19-12;/h3-8,11H,18H2,1-2H3,(H,20,21,23);1H/t11-;/m0./s1. The topological polar surface area (TPSA) is 85.8 Å². The second kappa shape index (κ2) is 7.63. The van der Waals surface area contributed by atoms with Gasteiger partial charge in [0.15, 0.2) is 11.6 Å². The van der Waals surface area contributed by atoms with Gasteiger partial charge in [-0.15, -0.1) is 17.5 Å². The number of nitrogens with two attached hydrogens (primary N) is 1. The summed E-state index contributed by atoms with van der Waals surface area (Å²) >= 11 is 0. The van der Waals surface area contributed by atoms with Crippen LogP contribution >= 0.6 is 12.4 Å². The lowest BCUT2D eigenvalue weighted by atomic mass is 10.1. The van der Waals surface area contributed by atoms with Gasteiger partial charge in [-0.05, 0) is 18.1 Å². The van der Waals surface area contributed by atoms with E-state index in [9.17, 15) is 18.0 Å². The van der Waals surface area contributed by atoms with Crippen LogP contribution in [0.5, 0.6) is 0 Å². The SMILES string of the molecule is CC(C)[C@H](N)C(=O)Nc1ccn(-c2ncccc2C(F)(F)F)n1.Cl. The largest absolute Gasteiger partial charge is 0.420 e. The number of pyridine rings is 1. The lowest BCUT2D eigenvalue weighted by Crippen LogP contribution is -2.39. The van der Waals surface area contributed by atoms with Gasteiger partial charge in [0, 0.05) is 18.5 Å². The smallest absolute Gasteiger partial charge is 0.320 e. The molecule has 0 unspecified atom stereocenters. The van der Waals surface area contributed by atoms with Gasteiger partial charge in [-0.1, -0.05) is 13.8 Å². The molecular formula is C14H17ClF3N5O. The number of hydrogen-bond acceptors (Lipinski definition) is 4. The van der Waals surface area contributed by atoms with Crippen LogP contribution in [0, 0.1) is 5.92 Å². The van der Waals surface area contributed by atoms with Crippen molar-refractivity contribution in [2.75, 3.05) is 5.32 Å². The Morgan fingerprint density at radius 2 is 2.00 bits per heavy atom. The molecule has 0 saturated carbocycles. The highest BCUT2D eigenvalue weighted by Gasteiger charge is 2.34. The molecule has 0 aliphatic heterocycles. The van der Waals surface area contributed by atoms with Gasteiger partial charge in [0.2, 0.25) is 5.91 Å². The number of rotatable bonds is 4. The van der Waals surface area contributed by atoms with Crippen molar-refractivity contribution in [2.45, 2.75) is 26.1 Å². The highest BCUT2D eigenvalue weighted by atomic mass is 35.5. The molecule has 0 aromatic carbocycles. The normalized spacial score (nSPS) is 12.6. The molecule has 2 heterocycles. The minimum absolute atomic E-state index is 0. The molecule has 0 aliphatic carbocycles. The van der Waals surface area contributed by atoms with E-state index >= 15 is 0 Å². The third kappa shape index (κ3) is 4.45. The van der Waals surface area contributed by atoms with E-state index in [-0.39, 0.29) is 30.0 Å². The number of halogens is 4. The number of nitrogens with one attached hydrogen (secondary N) is 1. The van der Waals surface area contributed by atoms with Crippen molar-refractivity contribution in [3.8, 4) is 5.82 Å². The average Bonchev–Trinajstić information content (AvgIpc) is 2.93. The van der Waals surface area contributed by atoms with Crippen LogP contribution < -0.4 is 11.1 Å². The fourth-order valence-electron chi connectivity index (χ4n) is 1.82. The van der Waals surface area contributed by atoms with E-state index in [0.717, 1.165) is 10.7 Å². The Hall–Kier alpha value is -2.13. The number of hydrogen-bond donors (Lipinski definition) is 2. The summed E-state index contributed by atoms with van der Waals surface area (Å²) in [4.78, 5) is 15.6. The molecule has 6 nitrogen and oxygen atoms in total. The van der Waals surface area contributed by atoms with E-state index in [1.807, 2.05) is 0 Å². The van der Waals surface area contributed by atoms with Crippen molar-refractivity contribution in [1.82, 2.24) is 14.8 Å². The fourth-order valence-corrected chi connectivity index (χ4v) is 1.82. The molecule has 0 saturated heterocycles. The highest BCUT2D eigenvalue weighted by Crippen LogP contribution is 2.32. The first-order valence-corrected chi connectivity index (χ1v) is 6.85. The monoisotopic (exact) mass is 363 g/mol. The summed E-state index contributed by atoms with van der Waals surface area (Å²) in [5.41, 5.74) is 4.78. The summed E-state index contributed by atoms with van der Waals surface area (Å²) in [7, 11) is 0. The Balaban J connectivity index is 0.00000288. The number of nitrogens with zero attached hydrogens (tertiary/aromatic N) is 3. The molecule has 2 aromatic heterocycles. The molecule has 1 atom stereocenters. The van der Waals surface area contributed by atoms with E-state index in [4.69, 9.17) is 5.73 Å². The number of carbonyl (C=O) groups is 1. The molecule has 0 aliphatic rings. The van der Waals surface area contributed by atoms with Crippen LogP contribution in [0.3, 0.4) is 0 Å². The van der Waals surface area contributed by atoms with E-state index < -0.39 is 23.7 Å². The molecule has 10 heteroatoms. The number of aromatic nitrogens is 3. The zero-order valence-electron chi connectivity index (χ0n) is 12.9. The first kappa shape index (κ1) is 19.9. The van der Waals surface area contributed by atoms with Gasteiger partial charge in [-0.2, -0.15) is 13.2 Å². The molecule has 2 rings (SSSR count). The number of anilines is 1. The second-order valence-electron chi connectivity index (χ2n) is 5.28. The predicted octanol–water partition coefficient (Wildman–Crippen LogP) is 2.63. The molecule has 0 fully saturated rings. The van der Waals surface area contributed by atoms with Gasteiger partial charge < -0.3 is 11.1 Å². The molecule has 0 spiro atoms. The lowest BCUT2D eigenvalue weighted by Gasteiger charge is -2.14. The predicted molar refractivity (Wildman–Crippen MR) is 85.1 cm³/mol. The number of alkyl halides is 3. The Kier molecular flexibility index (Phi) is 6.33. The van der Waals surface area contributed by atoms with Crippen molar-refractivity contribution >= 4 is 24.1 Å². The quantitative estimate of drug-likeness (QED) is 0.874. The third-order valence-electron chi connectivity index (χ3n) is 3.17. The van der Waals surface area contributed by atoms with Gasteiger partial charge in [0.1, 0.15) is 5.56 Å². The van der Waals surface area contributed by atoms with E-state index in [1.54, 1.807) is 13.8 Å². The Morgan fingerprint density at radius 1 is 1.33 bits per heavy atom. The van der Waals surface area contributed by atoms with E-state index in [1.165, 1.54) is 24.5 Å². The van der Waals surface area contributed by atoms with Crippen molar-refractivity contribution in [2.24, 2.45) is 11.7 Å². The first-order chi connectivity index (χ1) is 10.7. The highest BCUT2D eigenvalue weighted by molar-refractivity contribution is 5.94. The first-order valence-electron chi connectivity index (χ1n) is 6.85. The third-order valence-corrected chi connectivity index (χ3v) is 3.17. The van der Waals surface area contributed by atoms with Crippen LogP contribution in [0.15, 0.2) is 30.6 Å². The Bertz CT molecular complexity index is 702. The van der Waals surface area contributed by atoms with Gasteiger partial charge in [0.25, 0.3) is 0 Å². The van der Waals surface area contributed by atoms with Gasteiger partial charge in [0.05, 0.1) is 6.04 Å². The maximum atomic E-state index is 13.0. The molecule has 0 bridgehead atoms. The lowest BCUT2D eigenvalue weighted by molar-refractivity contribution is -0.137. The maximum Gasteiger partial charge on any atom is 0.420 e. The zero-order valence-corrected chi connectivity index (χ0v) is 13.7. The van der Waals surface area contributed by atoms with Crippen molar-refractivity contribution in [1.29, 1.82) is 0 Å². The maximum absolute atomic E-state index is 13.0. The van der Waals surface area contributed by atoms with Gasteiger partial charge in [-0.25, -0.2) is 9.67 Å². The molecule has 2 aromatic rings. The Morgan fingerprint density at radius 3 is 2.58 bits per heavy atom. The summed E-state index contributed by atoms with van der Waals surface area (Å²) < 4.78 is 39.9. The van der Waals surface area contributed by atoms with Crippen LogP contribution in [-0.2, 0) is 11.0 Å². The van der Waals surface area contributed by atoms with Crippen molar-refractivity contribution < 1.29 is 18.0 Å². The van der Waals surface area contributed by atoms with Crippen LogP contribution in [0.1, 0.15) is 19.4 Å². The van der Waals surface area contributed by atoms with E-state index in [0.29, 0.717) is 0 Å². The molecule has 1 amide bonds. The molecular weight excluding hydrogens is 347 g/mol. The van der Waals surface area contributed by atoms with Crippen LogP contribution in [0.25, 0.3) is 5.82 Å². The summed E-state index contributed by atoms with van der Waals surface area (Å²) in [5, 5.41) is 6.37. The number of amides is 1. The minimum Gasteiger partial charge on any atom is -0.320 e. The molecule has 3 N–H and O–H groups in total. The molecule has 132 valence electrons. The van der Waals surface area contributed by atoms with E-state index in [2.05, 4.69) is 15.4 Å². The molecule has 24 heavy (non-hydrogen) atoms. The zero-order chi connectivity index (χ0) is 17.2. The van der Waals surface area contributed by atoms with Crippen LogP contribution in [-0.4, -0.2) is 26.7 Å². The van der Waals surface area contributed by atoms with Crippen molar-refractivity contribution in [3.05, 3.63) is 36.2 Å². The van der Waals surface area contributed by atoms with Crippen LogP contribution in [0.4, 0.5) is 19.0 Å². The average molecular weight is 364 g/mol. The summed E-state index contributed by atoms with van der Waals surface area (Å²) in [6.07, 6.45) is -2.04. The summed E-state index contributed by atoms with van der Waals surface area (Å²) in [6, 6.07) is 2.75. The van der Waals surface area contributed by atoms with Crippen molar-refractivity contribution in [3.63, 3.8) is 0 Å². The van der Waals surface area contributed by atoms with Gasteiger partial charge >= 0.3 is 6.18 Å². The number of carbonyl (C=O) groups excluding carboxylic acids is 1. The second-order valence-corrected chi connectivity index (χ2v) is 5.28. The summed E-state index contributed by atoms with van der Waals surface area (Å²) in [5.74, 6) is -0.800. The Labute approximate surface area is 142 Å². The van der Waals surface area contributed by atoms with Crippen LogP contribution in [0.2, 0.25) is 0 Å². The minimum atomic E-state index is -4.56. The van der Waals surface area contributed by atoms with Gasteiger partial charge in [-0.3, -0.25) is 4.79 Å².